The number of amides is 2. The summed E-state index contributed by atoms with van der Waals surface area (Å²) in [6.07, 6.45) is 0.766. The SMILES string of the molecule is Cc1cc(NC(=O)C2CCC(=O)N2c2ccc(Oc3ccccc3)cc2)no1. The molecule has 1 aliphatic rings. The molecule has 1 fully saturated rings. The van der Waals surface area contributed by atoms with Gasteiger partial charge in [-0.1, -0.05) is 23.4 Å². The second-order valence-electron chi connectivity index (χ2n) is 6.54. The van der Waals surface area contributed by atoms with E-state index in [1.807, 2.05) is 30.3 Å². The van der Waals surface area contributed by atoms with Crippen molar-refractivity contribution in [2.75, 3.05) is 10.2 Å². The van der Waals surface area contributed by atoms with Crippen LogP contribution in [0.15, 0.2) is 65.2 Å². The first kappa shape index (κ1) is 17.8. The molecule has 1 N–H and O–H groups in total. The maximum absolute atomic E-state index is 12.7. The van der Waals surface area contributed by atoms with Gasteiger partial charge in [-0.15, -0.1) is 0 Å². The van der Waals surface area contributed by atoms with Crippen LogP contribution in [0, 0.1) is 6.92 Å². The van der Waals surface area contributed by atoms with E-state index < -0.39 is 6.04 Å². The van der Waals surface area contributed by atoms with Gasteiger partial charge in [0.15, 0.2) is 5.82 Å². The molecule has 0 spiro atoms. The molecule has 2 amide bonds. The molecule has 1 aromatic heterocycles. The van der Waals surface area contributed by atoms with Crippen molar-refractivity contribution in [3.63, 3.8) is 0 Å². The number of para-hydroxylation sites is 1. The van der Waals surface area contributed by atoms with E-state index in [9.17, 15) is 9.59 Å². The molecule has 7 heteroatoms. The number of benzene rings is 2. The van der Waals surface area contributed by atoms with Gasteiger partial charge in [0, 0.05) is 18.2 Å². The van der Waals surface area contributed by atoms with Crippen molar-refractivity contribution in [2.45, 2.75) is 25.8 Å². The van der Waals surface area contributed by atoms with Crippen LogP contribution in [-0.2, 0) is 9.59 Å². The summed E-state index contributed by atoms with van der Waals surface area (Å²) >= 11 is 0. The van der Waals surface area contributed by atoms with Gasteiger partial charge in [0.1, 0.15) is 23.3 Å². The number of rotatable bonds is 5. The van der Waals surface area contributed by atoms with E-state index in [0.29, 0.717) is 35.9 Å². The second-order valence-corrected chi connectivity index (χ2v) is 6.54. The Morgan fingerprint density at radius 3 is 2.54 bits per heavy atom. The highest BCUT2D eigenvalue weighted by Crippen LogP contribution is 2.30. The largest absolute Gasteiger partial charge is 0.457 e. The maximum Gasteiger partial charge on any atom is 0.248 e. The Morgan fingerprint density at radius 2 is 1.86 bits per heavy atom. The molecule has 0 saturated carbocycles. The molecule has 4 rings (SSSR count). The summed E-state index contributed by atoms with van der Waals surface area (Å²) in [5.41, 5.74) is 0.652. The van der Waals surface area contributed by atoms with Crippen LogP contribution < -0.4 is 15.0 Å². The smallest absolute Gasteiger partial charge is 0.248 e. The molecule has 1 atom stereocenters. The second kappa shape index (κ2) is 7.56. The van der Waals surface area contributed by atoms with Crippen LogP contribution in [0.3, 0.4) is 0 Å². The Hall–Kier alpha value is -3.61. The lowest BCUT2D eigenvalue weighted by Crippen LogP contribution is -2.41. The number of hydrogen-bond acceptors (Lipinski definition) is 5. The summed E-state index contributed by atoms with van der Waals surface area (Å²) in [5.74, 6) is 1.95. The van der Waals surface area contributed by atoms with E-state index in [2.05, 4.69) is 10.5 Å². The zero-order valence-corrected chi connectivity index (χ0v) is 15.3. The summed E-state index contributed by atoms with van der Waals surface area (Å²) in [4.78, 5) is 26.6. The molecule has 1 unspecified atom stereocenters. The van der Waals surface area contributed by atoms with Crippen LogP contribution in [0.5, 0.6) is 11.5 Å². The van der Waals surface area contributed by atoms with Gasteiger partial charge >= 0.3 is 0 Å². The fourth-order valence-electron chi connectivity index (χ4n) is 3.19. The third-order valence-electron chi connectivity index (χ3n) is 4.49. The van der Waals surface area contributed by atoms with Crippen LogP contribution >= 0.6 is 0 Å². The van der Waals surface area contributed by atoms with Gasteiger partial charge < -0.3 is 14.6 Å². The van der Waals surface area contributed by atoms with Crippen molar-refractivity contribution in [3.8, 4) is 11.5 Å². The molecule has 28 heavy (non-hydrogen) atoms. The van der Waals surface area contributed by atoms with Gasteiger partial charge in [-0.3, -0.25) is 14.5 Å². The summed E-state index contributed by atoms with van der Waals surface area (Å²) in [5, 5.41) is 6.48. The lowest BCUT2D eigenvalue weighted by atomic mass is 10.2. The minimum Gasteiger partial charge on any atom is -0.457 e. The molecule has 0 aliphatic carbocycles. The van der Waals surface area contributed by atoms with E-state index in [0.717, 1.165) is 5.75 Å². The topological polar surface area (TPSA) is 84.7 Å². The van der Waals surface area contributed by atoms with Crippen LogP contribution in [0.2, 0.25) is 0 Å². The minimum atomic E-state index is -0.592. The number of carbonyl (C=O) groups is 2. The molecule has 1 aliphatic heterocycles. The average molecular weight is 377 g/mol. The lowest BCUT2D eigenvalue weighted by Gasteiger charge is -2.24. The number of anilines is 2. The molecule has 2 aromatic carbocycles. The molecule has 7 nitrogen and oxygen atoms in total. The lowest BCUT2D eigenvalue weighted by molar-refractivity contribution is -0.120. The monoisotopic (exact) mass is 377 g/mol. The zero-order chi connectivity index (χ0) is 19.5. The molecular weight excluding hydrogens is 358 g/mol. The standard InChI is InChI=1S/C21H19N3O4/c1-14-13-19(23-28-14)22-21(26)18-11-12-20(25)24(18)15-7-9-17(10-8-15)27-16-5-3-2-4-6-16/h2-10,13,18H,11-12H2,1H3,(H,22,23,26). The minimum absolute atomic E-state index is 0.0896. The van der Waals surface area contributed by atoms with E-state index in [1.165, 1.54) is 4.90 Å². The molecule has 2 heterocycles. The van der Waals surface area contributed by atoms with Gasteiger partial charge in [-0.2, -0.15) is 0 Å². The normalized spacial score (nSPS) is 16.2. The third-order valence-corrected chi connectivity index (χ3v) is 4.49. The highest BCUT2D eigenvalue weighted by Gasteiger charge is 2.37. The fraction of sp³-hybridized carbons (Fsp3) is 0.190. The number of aryl methyl sites for hydroxylation is 1. The molecular formula is C21H19N3O4. The Balaban J connectivity index is 1.49. The van der Waals surface area contributed by atoms with Crippen molar-refractivity contribution in [2.24, 2.45) is 0 Å². The van der Waals surface area contributed by atoms with E-state index in [1.54, 1.807) is 37.3 Å². The quantitative estimate of drug-likeness (QED) is 0.729. The van der Waals surface area contributed by atoms with Crippen molar-refractivity contribution in [1.29, 1.82) is 0 Å². The van der Waals surface area contributed by atoms with E-state index in [-0.39, 0.29) is 11.8 Å². The zero-order valence-electron chi connectivity index (χ0n) is 15.3. The van der Waals surface area contributed by atoms with Gasteiger partial charge in [-0.25, -0.2) is 0 Å². The first-order valence-corrected chi connectivity index (χ1v) is 8.99. The molecule has 142 valence electrons. The van der Waals surface area contributed by atoms with Gasteiger partial charge in [0.2, 0.25) is 11.8 Å². The molecule has 1 saturated heterocycles. The Bertz CT molecular complexity index is 982. The summed E-state index contributed by atoms with van der Waals surface area (Å²) in [7, 11) is 0. The Kier molecular flexibility index (Phi) is 4.80. The molecule has 3 aromatic rings. The number of ether oxygens (including phenoxy) is 1. The number of hydrogen-bond donors (Lipinski definition) is 1. The number of aromatic nitrogens is 1. The predicted molar refractivity (Wildman–Crippen MR) is 103 cm³/mol. The van der Waals surface area contributed by atoms with E-state index in [4.69, 9.17) is 9.26 Å². The fourth-order valence-corrected chi connectivity index (χ4v) is 3.19. The molecule has 0 bridgehead atoms. The predicted octanol–water partition coefficient (Wildman–Crippen LogP) is 3.91. The maximum atomic E-state index is 12.7. The highest BCUT2D eigenvalue weighted by molar-refractivity contribution is 6.07. The number of carbonyl (C=O) groups excluding carboxylic acids is 2. The van der Waals surface area contributed by atoms with Crippen molar-refractivity contribution in [1.82, 2.24) is 5.16 Å². The Morgan fingerprint density at radius 1 is 1.14 bits per heavy atom. The highest BCUT2D eigenvalue weighted by atomic mass is 16.5. The first-order valence-electron chi connectivity index (χ1n) is 8.99. The van der Waals surface area contributed by atoms with Gasteiger partial charge in [-0.05, 0) is 49.7 Å². The van der Waals surface area contributed by atoms with Gasteiger partial charge in [0.25, 0.3) is 0 Å². The van der Waals surface area contributed by atoms with Crippen LogP contribution in [-0.4, -0.2) is 23.0 Å². The van der Waals surface area contributed by atoms with Crippen LogP contribution in [0.4, 0.5) is 11.5 Å². The number of nitrogens with zero attached hydrogens (tertiary/aromatic N) is 2. The van der Waals surface area contributed by atoms with Crippen molar-refractivity contribution >= 4 is 23.3 Å². The first-order chi connectivity index (χ1) is 13.6. The molecule has 0 radical (unpaired) electrons. The van der Waals surface area contributed by atoms with Crippen LogP contribution in [0.1, 0.15) is 18.6 Å². The third kappa shape index (κ3) is 3.73. The van der Waals surface area contributed by atoms with Crippen LogP contribution in [0.25, 0.3) is 0 Å². The van der Waals surface area contributed by atoms with Crippen molar-refractivity contribution in [3.05, 3.63) is 66.4 Å². The summed E-state index contributed by atoms with van der Waals surface area (Å²) in [6.45, 7) is 1.74. The average Bonchev–Trinajstić information content (AvgIpc) is 3.28. The number of nitrogens with one attached hydrogen (secondary N) is 1. The summed E-state index contributed by atoms with van der Waals surface area (Å²) < 4.78 is 10.7. The van der Waals surface area contributed by atoms with Crippen molar-refractivity contribution < 1.29 is 18.8 Å². The Labute approximate surface area is 161 Å². The van der Waals surface area contributed by atoms with Gasteiger partial charge in [0.05, 0.1) is 0 Å². The summed E-state index contributed by atoms with van der Waals surface area (Å²) in [6, 6.07) is 17.6. The van der Waals surface area contributed by atoms with E-state index >= 15 is 0 Å².